The summed E-state index contributed by atoms with van der Waals surface area (Å²) in [7, 11) is 1.57. The normalized spacial score (nSPS) is 10.4. The van der Waals surface area contributed by atoms with Crippen LogP contribution in [0.5, 0.6) is 17.4 Å². The van der Waals surface area contributed by atoms with E-state index in [0.29, 0.717) is 24.5 Å². The number of hydrogen-bond donors (Lipinski definition) is 3. The Morgan fingerprint density at radius 3 is 2.68 bits per heavy atom. The number of rotatable bonds is 5. The Balaban J connectivity index is 1.90. The Kier molecular flexibility index (Phi) is 4.20. The molecule has 0 atom stereocenters. The van der Waals surface area contributed by atoms with Crippen molar-refractivity contribution in [2.75, 3.05) is 7.11 Å². The summed E-state index contributed by atoms with van der Waals surface area (Å²) in [5.74, 6) is 0.391. The molecule has 0 radical (unpaired) electrons. The topological polar surface area (TPSA) is 74.6 Å². The molecule has 1 aromatic heterocycles. The molecule has 0 saturated carbocycles. The van der Waals surface area contributed by atoms with Crippen LogP contribution in [0, 0.1) is 0 Å². The van der Waals surface area contributed by atoms with Gasteiger partial charge in [0.25, 0.3) is 0 Å². The van der Waals surface area contributed by atoms with Crippen molar-refractivity contribution in [1.82, 2.24) is 10.3 Å². The number of ether oxygens (including phenoxy) is 1. The molecule has 0 amide bonds. The Bertz CT molecular complexity index is 541. The molecule has 100 valence electrons. The fourth-order valence-electron chi connectivity index (χ4n) is 1.70. The van der Waals surface area contributed by atoms with Crippen LogP contribution in [-0.4, -0.2) is 22.3 Å². The second-order valence-electron chi connectivity index (χ2n) is 4.10. The summed E-state index contributed by atoms with van der Waals surface area (Å²) in [6.45, 7) is 1.08. The monoisotopic (exact) mass is 260 g/mol. The van der Waals surface area contributed by atoms with Gasteiger partial charge < -0.3 is 20.3 Å². The van der Waals surface area contributed by atoms with E-state index in [1.807, 2.05) is 6.07 Å². The van der Waals surface area contributed by atoms with Gasteiger partial charge in [-0.2, -0.15) is 0 Å². The number of methoxy groups -OCH3 is 1. The van der Waals surface area contributed by atoms with Crippen LogP contribution in [-0.2, 0) is 13.1 Å². The summed E-state index contributed by atoms with van der Waals surface area (Å²) in [4.78, 5) is 4.10. The summed E-state index contributed by atoms with van der Waals surface area (Å²) in [6.07, 6.45) is 1.73. The van der Waals surface area contributed by atoms with Gasteiger partial charge in [-0.1, -0.05) is 18.2 Å². The van der Waals surface area contributed by atoms with Crippen molar-refractivity contribution in [1.29, 1.82) is 0 Å². The first-order valence-corrected chi connectivity index (χ1v) is 5.90. The Hall–Kier alpha value is -2.27. The molecule has 0 aliphatic rings. The molecule has 19 heavy (non-hydrogen) atoms. The highest BCUT2D eigenvalue weighted by Gasteiger charge is 2.05. The van der Waals surface area contributed by atoms with E-state index in [-0.39, 0.29) is 11.5 Å². The number of para-hydroxylation sites is 1. The van der Waals surface area contributed by atoms with E-state index in [9.17, 15) is 10.2 Å². The number of phenolic OH excluding ortho intramolecular Hbond substituents is 2. The van der Waals surface area contributed by atoms with Crippen molar-refractivity contribution in [2.24, 2.45) is 0 Å². The Morgan fingerprint density at radius 2 is 2.00 bits per heavy atom. The molecule has 0 bridgehead atoms. The molecule has 0 unspecified atom stereocenters. The smallest absolute Gasteiger partial charge is 0.212 e. The van der Waals surface area contributed by atoms with Crippen LogP contribution in [0.25, 0.3) is 0 Å². The molecule has 2 rings (SSSR count). The number of benzene rings is 1. The summed E-state index contributed by atoms with van der Waals surface area (Å²) in [5.41, 5.74) is 1.67. The minimum absolute atomic E-state index is 0.0807. The van der Waals surface area contributed by atoms with Crippen molar-refractivity contribution >= 4 is 0 Å². The average molecular weight is 260 g/mol. The molecule has 2 aromatic rings. The van der Waals surface area contributed by atoms with Gasteiger partial charge in [0.05, 0.1) is 7.11 Å². The molecule has 0 saturated heterocycles. The summed E-state index contributed by atoms with van der Waals surface area (Å²) < 4.78 is 4.98. The first-order chi connectivity index (χ1) is 9.20. The van der Waals surface area contributed by atoms with Crippen LogP contribution in [0.1, 0.15) is 11.1 Å². The first kappa shape index (κ1) is 13.2. The van der Waals surface area contributed by atoms with Crippen molar-refractivity contribution in [3.05, 3.63) is 47.7 Å². The van der Waals surface area contributed by atoms with Gasteiger partial charge in [0.15, 0.2) is 11.5 Å². The summed E-state index contributed by atoms with van der Waals surface area (Å²) >= 11 is 0. The van der Waals surface area contributed by atoms with E-state index >= 15 is 0 Å². The number of pyridine rings is 1. The van der Waals surface area contributed by atoms with E-state index in [1.165, 1.54) is 6.07 Å². The van der Waals surface area contributed by atoms with E-state index < -0.39 is 0 Å². The highest BCUT2D eigenvalue weighted by Crippen LogP contribution is 2.27. The fraction of sp³-hybridized carbons (Fsp3) is 0.214. The maximum atomic E-state index is 9.64. The third-order valence-electron chi connectivity index (χ3n) is 2.75. The first-order valence-electron chi connectivity index (χ1n) is 5.90. The van der Waals surface area contributed by atoms with Crippen LogP contribution in [0.15, 0.2) is 36.5 Å². The molecule has 5 nitrogen and oxygen atoms in total. The number of nitrogens with zero attached hydrogens (tertiary/aromatic N) is 1. The number of phenols is 2. The van der Waals surface area contributed by atoms with Crippen LogP contribution in [0.3, 0.4) is 0 Å². The van der Waals surface area contributed by atoms with Crippen LogP contribution < -0.4 is 10.1 Å². The van der Waals surface area contributed by atoms with Gasteiger partial charge in [0.2, 0.25) is 5.88 Å². The van der Waals surface area contributed by atoms with Gasteiger partial charge in [-0.05, 0) is 11.6 Å². The molecule has 0 fully saturated rings. The SMILES string of the molecule is COc1ccc(CNCc2cccc(O)c2O)cn1. The molecule has 0 spiro atoms. The van der Waals surface area contributed by atoms with E-state index in [1.54, 1.807) is 31.5 Å². The quantitative estimate of drug-likeness (QED) is 0.715. The van der Waals surface area contributed by atoms with Gasteiger partial charge in [0, 0.05) is 30.9 Å². The van der Waals surface area contributed by atoms with Gasteiger partial charge in [-0.25, -0.2) is 4.98 Å². The van der Waals surface area contributed by atoms with Crippen molar-refractivity contribution in [3.8, 4) is 17.4 Å². The lowest BCUT2D eigenvalue weighted by Gasteiger charge is -2.08. The van der Waals surface area contributed by atoms with Gasteiger partial charge in [-0.15, -0.1) is 0 Å². The second kappa shape index (κ2) is 6.06. The Labute approximate surface area is 111 Å². The summed E-state index contributed by atoms with van der Waals surface area (Å²) in [6, 6.07) is 8.62. The maximum absolute atomic E-state index is 9.64. The number of hydrogen-bond acceptors (Lipinski definition) is 5. The third kappa shape index (κ3) is 3.35. The molecule has 5 heteroatoms. The van der Waals surface area contributed by atoms with Crippen molar-refractivity contribution in [2.45, 2.75) is 13.1 Å². The predicted octanol–water partition coefficient (Wildman–Crippen LogP) is 1.79. The molecular weight excluding hydrogens is 244 g/mol. The third-order valence-corrected chi connectivity index (χ3v) is 2.75. The molecule has 0 aliphatic heterocycles. The van der Waals surface area contributed by atoms with Crippen LogP contribution in [0.4, 0.5) is 0 Å². The predicted molar refractivity (Wildman–Crippen MR) is 71.1 cm³/mol. The maximum Gasteiger partial charge on any atom is 0.212 e. The Morgan fingerprint density at radius 1 is 1.16 bits per heavy atom. The largest absolute Gasteiger partial charge is 0.504 e. The van der Waals surface area contributed by atoms with Crippen molar-refractivity contribution < 1.29 is 14.9 Å². The minimum atomic E-state index is -0.106. The highest BCUT2D eigenvalue weighted by molar-refractivity contribution is 5.44. The standard InChI is InChI=1S/C14H16N2O3/c1-19-13-6-5-10(8-16-13)7-15-9-11-3-2-4-12(17)14(11)18/h2-6,8,15,17-18H,7,9H2,1H3. The van der Waals surface area contributed by atoms with E-state index in [0.717, 1.165) is 5.56 Å². The lowest BCUT2D eigenvalue weighted by atomic mass is 10.2. The second-order valence-corrected chi connectivity index (χ2v) is 4.10. The minimum Gasteiger partial charge on any atom is -0.504 e. The molecule has 1 heterocycles. The van der Waals surface area contributed by atoms with Crippen molar-refractivity contribution in [3.63, 3.8) is 0 Å². The van der Waals surface area contributed by atoms with E-state index in [2.05, 4.69) is 10.3 Å². The molecule has 1 aromatic carbocycles. The number of aromatic hydroxyl groups is 2. The van der Waals surface area contributed by atoms with Crippen LogP contribution >= 0.6 is 0 Å². The zero-order valence-corrected chi connectivity index (χ0v) is 10.6. The van der Waals surface area contributed by atoms with E-state index in [4.69, 9.17) is 4.74 Å². The number of nitrogens with one attached hydrogen (secondary N) is 1. The van der Waals surface area contributed by atoms with Gasteiger partial charge in [-0.3, -0.25) is 0 Å². The molecule has 3 N–H and O–H groups in total. The summed E-state index contributed by atoms with van der Waals surface area (Å²) in [5, 5.41) is 22.2. The number of aromatic nitrogens is 1. The lowest BCUT2D eigenvalue weighted by Crippen LogP contribution is -2.12. The lowest BCUT2D eigenvalue weighted by molar-refractivity contribution is 0.396. The zero-order valence-electron chi connectivity index (χ0n) is 10.6. The van der Waals surface area contributed by atoms with Gasteiger partial charge >= 0.3 is 0 Å². The molecular formula is C14H16N2O3. The zero-order chi connectivity index (χ0) is 13.7. The highest BCUT2D eigenvalue weighted by atomic mass is 16.5. The average Bonchev–Trinajstić information content (AvgIpc) is 2.44. The molecule has 0 aliphatic carbocycles. The van der Waals surface area contributed by atoms with Crippen LogP contribution in [0.2, 0.25) is 0 Å². The fourth-order valence-corrected chi connectivity index (χ4v) is 1.70. The van der Waals surface area contributed by atoms with Gasteiger partial charge in [0.1, 0.15) is 0 Å².